The second-order valence-electron chi connectivity index (χ2n) is 3.58. The fraction of sp³-hybridized carbons (Fsp3) is 0. The van der Waals surface area contributed by atoms with Crippen molar-refractivity contribution in [1.82, 2.24) is 19.9 Å². The van der Waals surface area contributed by atoms with E-state index < -0.39 is 0 Å². The fourth-order valence-corrected chi connectivity index (χ4v) is 1.78. The molecular formula is C11H8ClN5O. The maximum absolute atomic E-state index is 9.43. The van der Waals surface area contributed by atoms with Gasteiger partial charge in [0.2, 0.25) is 0 Å². The van der Waals surface area contributed by atoms with Crippen molar-refractivity contribution in [3.63, 3.8) is 0 Å². The highest BCUT2D eigenvalue weighted by atomic mass is 35.5. The molecule has 0 spiro atoms. The van der Waals surface area contributed by atoms with Crippen LogP contribution in [0.25, 0.3) is 11.2 Å². The molecule has 6 nitrogen and oxygen atoms in total. The predicted octanol–water partition coefficient (Wildman–Crippen LogP) is 2.46. The van der Waals surface area contributed by atoms with Crippen LogP contribution in [-0.4, -0.2) is 25.0 Å². The standard InChI is InChI=1S/C11H8ClN5O/c12-6-3-1-2-4-7(6)15-10-8-9(14-5-13-8)16-11(18)17-10/h1-5H,(H3,13,14,15,16,17,18). The first kappa shape index (κ1) is 10.8. The number of halogens is 1. The first-order valence-electron chi connectivity index (χ1n) is 5.15. The summed E-state index contributed by atoms with van der Waals surface area (Å²) in [7, 11) is 0. The number of aromatic nitrogens is 4. The lowest BCUT2D eigenvalue weighted by Gasteiger charge is -2.07. The number of para-hydroxylation sites is 1. The first-order chi connectivity index (χ1) is 8.74. The molecule has 0 aliphatic heterocycles. The van der Waals surface area contributed by atoms with Crippen LogP contribution >= 0.6 is 11.6 Å². The number of anilines is 2. The molecule has 3 N–H and O–H groups in total. The van der Waals surface area contributed by atoms with Gasteiger partial charge in [0.1, 0.15) is 0 Å². The monoisotopic (exact) mass is 261 g/mol. The Morgan fingerprint density at radius 1 is 1.22 bits per heavy atom. The van der Waals surface area contributed by atoms with Gasteiger partial charge < -0.3 is 15.4 Å². The lowest BCUT2D eigenvalue weighted by Crippen LogP contribution is -1.97. The molecule has 0 aliphatic carbocycles. The van der Waals surface area contributed by atoms with Crippen molar-refractivity contribution in [3.05, 3.63) is 35.6 Å². The zero-order valence-electron chi connectivity index (χ0n) is 9.05. The number of imidazole rings is 1. The molecule has 3 aromatic rings. The number of benzene rings is 1. The number of rotatable bonds is 2. The van der Waals surface area contributed by atoms with Crippen LogP contribution in [0.4, 0.5) is 11.5 Å². The maximum Gasteiger partial charge on any atom is 0.317 e. The summed E-state index contributed by atoms with van der Waals surface area (Å²) in [6, 6.07) is 6.90. The van der Waals surface area contributed by atoms with Crippen molar-refractivity contribution in [2.45, 2.75) is 0 Å². The Bertz CT molecular complexity index is 711. The summed E-state index contributed by atoms with van der Waals surface area (Å²) >= 11 is 6.04. The van der Waals surface area contributed by atoms with Gasteiger partial charge in [-0.15, -0.1) is 0 Å². The van der Waals surface area contributed by atoms with Crippen LogP contribution in [0.2, 0.25) is 5.02 Å². The number of aromatic hydroxyl groups is 1. The summed E-state index contributed by atoms with van der Waals surface area (Å²) in [5, 5.41) is 13.0. The van der Waals surface area contributed by atoms with Crippen molar-refractivity contribution < 1.29 is 5.11 Å². The number of nitrogens with one attached hydrogen (secondary N) is 2. The Balaban J connectivity index is 2.10. The number of H-pyrrole nitrogens is 1. The molecule has 7 heteroatoms. The first-order valence-corrected chi connectivity index (χ1v) is 5.53. The molecule has 0 bridgehead atoms. The number of aromatic amines is 1. The molecule has 0 atom stereocenters. The van der Waals surface area contributed by atoms with Crippen LogP contribution < -0.4 is 5.32 Å². The van der Waals surface area contributed by atoms with Crippen LogP contribution in [0, 0.1) is 0 Å². The van der Waals surface area contributed by atoms with Gasteiger partial charge >= 0.3 is 6.01 Å². The summed E-state index contributed by atoms with van der Waals surface area (Å²) in [5.74, 6) is 0.395. The van der Waals surface area contributed by atoms with E-state index in [0.717, 1.165) is 0 Å². The summed E-state index contributed by atoms with van der Waals surface area (Å²) in [5.41, 5.74) is 1.67. The zero-order chi connectivity index (χ0) is 12.5. The molecule has 1 aromatic carbocycles. The van der Waals surface area contributed by atoms with Gasteiger partial charge in [-0.05, 0) is 12.1 Å². The topological polar surface area (TPSA) is 86.7 Å². The molecule has 2 heterocycles. The van der Waals surface area contributed by atoms with Gasteiger partial charge in [-0.3, -0.25) is 0 Å². The van der Waals surface area contributed by atoms with Gasteiger partial charge in [-0.2, -0.15) is 9.97 Å². The van der Waals surface area contributed by atoms with Gasteiger partial charge in [0.25, 0.3) is 0 Å². The Labute approximate surface area is 107 Å². The zero-order valence-corrected chi connectivity index (χ0v) is 9.81. The van der Waals surface area contributed by atoms with E-state index in [4.69, 9.17) is 11.6 Å². The molecule has 0 fully saturated rings. The minimum absolute atomic E-state index is 0.332. The third kappa shape index (κ3) is 1.82. The molecule has 18 heavy (non-hydrogen) atoms. The molecule has 0 saturated heterocycles. The summed E-state index contributed by atoms with van der Waals surface area (Å²) in [6.45, 7) is 0. The Morgan fingerprint density at radius 3 is 2.89 bits per heavy atom. The third-order valence-electron chi connectivity index (χ3n) is 2.39. The van der Waals surface area contributed by atoms with E-state index in [1.54, 1.807) is 12.1 Å². The quantitative estimate of drug-likeness (QED) is 0.660. The minimum Gasteiger partial charge on any atom is -0.479 e. The smallest absolute Gasteiger partial charge is 0.317 e. The van der Waals surface area contributed by atoms with Gasteiger partial charge in [-0.1, -0.05) is 23.7 Å². The van der Waals surface area contributed by atoms with Crippen LogP contribution in [0.1, 0.15) is 0 Å². The highest BCUT2D eigenvalue weighted by Gasteiger charge is 2.10. The SMILES string of the molecule is Oc1nc(Nc2ccccc2Cl)c2nc[nH]c2n1. The number of hydrogen-bond acceptors (Lipinski definition) is 5. The van der Waals surface area contributed by atoms with Crippen LogP contribution in [0.15, 0.2) is 30.6 Å². The van der Waals surface area contributed by atoms with Gasteiger partial charge in [0.15, 0.2) is 17.0 Å². The maximum atomic E-state index is 9.43. The second kappa shape index (κ2) is 4.15. The van der Waals surface area contributed by atoms with E-state index >= 15 is 0 Å². The molecule has 0 radical (unpaired) electrons. The van der Waals surface area contributed by atoms with Crippen LogP contribution in [0.5, 0.6) is 6.01 Å². The molecule has 90 valence electrons. The lowest BCUT2D eigenvalue weighted by molar-refractivity contribution is 0.433. The van der Waals surface area contributed by atoms with E-state index in [1.165, 1.54) is 6.33 Å². The van der Waals surface area contributed by atoms with E-state index in [-0.39, 0.29) is 6.01 Å². The normalized spacial score (nSPS) is 10.7. The molecular weight excluding hydrogens is 254 g/mol. The summed E-state index contributed by atoms with van der Waals surface area (Å²) < 4.78 is 0. The average Bonchev–Trinajstić information content (AvgIpc) is 2.80. The average molecular weight is 262 g/mol. The Hall–Kier alpha value is -2.34. The number of fused-ring (bicyclic) bond motifs is 1. The van der Waals surface area contributed by atoms with E-state index in [2.05, 4.69) is 25.3 Å². The summed E-state index contributed by atoms with van der Waals surface area (Å²) in [4.78, 5) is 14.6. The van der Waals surface area contributed by atoms with Crippen LogP contribution in [-0.2, 0) is 0 Å². The minimum atomic E-state index is -0.332. The van der Waals surface area contributed by atoms with Crippen molar-refractivity contribution in [1.29, 1.82) is 0 Å². The number of nitrogens with zero attached hydrogens (tertiary/aromatic N) is 3. The van der Waals surface area contributed by atoms with Crippen molar-refractivity contribution >= 4 is 34.3 Å². The van der Waals surface area contributed by atoms with Crippen molar-refractivity contribution in [2.24, 2.45) is 0 Å². The van der Waals surface area contributed by atoms with Crippen LogP contribution in [0.3, 0.4) is 0 Å². The van der Waals surface area contributed by atoms with E-state index in [9.17, 15) is 5.11 Å². The molecule has 2 aromatic heterocycles. The second-order valence-corrected chi connectivity index (χ2v) is 3.98. The fourth-order valence-electron chi connectivity index (χ4n) is 1.60. The molecule has 0 aliphatic rings. The van der Waals surface area contributed by atoms with Gasteiger partial charge in [0.05, 0.1) is 17.0 Å². The Kier molecular flexibility index (Phi) is 2.49. The highest BCUT2D eigenvalue weighted by molar-refractivity contribution is 6.33. The number of hydrogen-bond donors (Lipinski definition) is 3. The largest absolute Gasteiger partial charge is 0.479 e. The predicted molar refractivity (Wildman–Crippen MR) is 68.1 cm³/mol. The molecule has 0 unspecified atom stereocenters. The van der Waals surface area contributed by atoms with Crippen molar-refractivity contribution in [3.8, 4) is 6.01 Å². The lowest BCUT2D eigenvalue weighted by atomic mass is 10.3. The summed E-state index contributed by atoms with van der Waals surface area (Å²) in [6.07, 6.45) is 1.48. The molecule has 3 rings (SSSR count). The van der Waals surface area contributed by atoms with Crippen molar-refractivity contribution in [2.75, 3.05) is 5.32 Å². The third-order valence-corrected chi connectivity index (χ3v) is 2.72. The van der Waals surface area contributed by atoms with Gasteiger partial charge in [-0.25, -0.2) is 4.98 Å². The van der Waals surface area contributed by atoms with E-state index in [1.807, 2.05) is 12.1 Å². The Morgan fingerprint density at radius 2 is 2.06 bits per heavy atom. The highest BCUT2D eigenvalue weighted by Crippen LogP contribution is 2.27. The van der Waals surface area contributed by atoms with Gasteiger partial charge in [0, 0.05) is 0 Å². The van der Waals surface area contributed by atoms with E-state index in [0.29, 0.717) is 27.7 Å². The molecule has 0 amide bonds. The molecule has 0 saturated carbocycles.